The molecule has 0 bridgehead atoms. The van der Waals surface area contributed by atoms with Gasteiger partial charge in [0, 0.05) is 13.2 Å². The van der Waals surface area contributed by atoms with E-state index >= 15 is 0 Å². The molecule has 7 heteroatoms. The van der Waals surface area contributed by atoms with E-state index < -0.39 is 6.29 Å². The van der Waals surface area contributed by atoms with Gasteiger partial charge in [0.2, 0.25) is 0 Å². The number of nitrogens with zero attached hydrogens (tertiary/aromatic N) is 2. The molecule has 0 aromatic rings. The van der Waals surface area contributed by atoms with Gasteiger partial charge in [-0.15, -0.1) is 5.10 Å². The van der Waals surface area contributed by atoms with Gasteiger partial charge in [-0.05, 0) is 6.92 Å². The minimum absolute atomic E-state index is 0.229. The van der Waals surface area contributed by atoms with E-state index in [2.05, 4.69) is 10.5 Å². The smallest absolute Gasteiger partial charge is 0.184 e. The van der Waals surface area contributed by atoms with Crippen LogP contribution in [0.25, 0.3) is 0 Å². The zero-order chi connectivity index (χ0) is 9.84. The summed E-state index contributed by atoms with van der Waals surface area (Å²) in [6, 6.07) is 0. The fourth-order valence-electron chi connectivity index (χ4n) is 0.602. The third-order valence-corrected chi connectivity index (χ3v) is 1.59. The summed E-state index contributed by atoms with van der Waals surface area (Å²) in [6.07, 6.45) is 1.02. The van der Waals surface area contributed by atoms with Crippen LogP contribution in [0.3, 0.4) is 0 Å². The van der Waals surface area contributed by atoms with E-state index in [4.69, 9.17) is 32.8 Å². The zero-order valence-corrected chi connectivity index (χ0v) is 8.63. The largest absolute Gasteiger partial charge is 0.354 e. The molecule has 0 aromatic heterocycles. The Morgan fingerprint density at radius 1 is 1.62 bits per heavy atom. The Labute approximate surface area is 85.8 Å². The van der Waals surface area contributed by atoms with Gasteiger partial charge < -0.3 is 4.74 Å². The van der Waals surface area contributed by atoms with Crippen molar-refractivity contribution in [1.29, 1.82) is 0 Å². The summed E-state index contributed by atoms with van der Waals surface area (Å²) in [7, 11) is 1.51. The summed E-state index contributed by atoms with van der Waals surface area (Å²) in [4.78, 5) is 5.08. The van der Waals surface area contributed by atoms with E-state index in [-0.39, 0.29) is 5.17 Å². The maximum Gasteiger partial charge on any atom is 0.184 e. The lowest BCUT2D eigenvalue weighted by Crippen LogP contribution is -2.37. The minimum atomic E-state index is -0.441. The predicted octanol–water partition coefficient (Wildman–Crippen LogP) is 1.36. The fourth-order valence-corrected chi connectivity index (χ4v) is 1.01. The molecule has 0 fully saturated rings. The second kappa shape index (κ2) is 4.66. The number of nitrogens with one attached hydrogen (secondary N) is 1. The second-order valence-corrected chi connectivity index (χ2v) is 3.00. The molecule has 0 saturated carbocycles. The molecule has 1 N–H and O–H groups in total. The molecule has 13 heavy (non-hydrogen) atoms. The van der Waals surface area contributed by atoms with Crippen molar-refractivity contribution in [2.24, 2.45) is 5.10 Å². The minimum Gasteiger partial charge on any atom is -0.354 e. The third kappa shape index (κ3) is 3.40. The van der Waals surface area contributed by atoms with Crippen molar-refractivity contribution >= 4 is 28.4 Å². The molecule has 0 aliphatic carbocycles. The third-order valence-electron chi connectivity index (χ3n) is 1.21. The van der Waals surface area contributed by atoms with Gasteiger partial charge in [0.15, 0.2) is 11.5 Å². The van der Waals surface area contributed by atoms with Crippen molar-refractivity contribution in [2.45, 2.75) is 13.2 Å². The summed E-state index contributed by atoms with van der Waals surface area (Å²) in [5.74, 6) is 0. The van der Waals surface area contributed by atoms with E-state index in [0.29, 0.717) is 5.16 Å². The summed E-state index contributed by atoms with van der Waals surface area (Å²) >= 11 is 11.3. The van der Waals surface area contributed by atoms with Crippen molar-refractivity contribution in [2.75, 3.05) is 7.11 Å². The van der Waals surface area contributed by atoms with Gasteiger partial charge >= 0.3 is 0 Å². The predicted molar refractivity (Wildman–Crippen MR) is 49.8 cm³/mol. The standard InChI is InChI=1S/C6H9Cl2N3O2/c1-4(12-2)13-11-9-5(7)3-6(8)10-11/h3-4,9H,1-2H3. The van der Waals surface area contributed by atoms with E-state index in [1.54, 1.807) is 6.92 Å². The maximum absolute atomic E-state index is 5.66. The lowest BCUT2D eigenvalue weighted by molar-refractivity contribution is -0.285. The van der Waals surface area contributed by atoms with Crippen molar-refractivity contribution in [3.8, 4) is 0 Å². The number of allylic oxidation sites excluding steroid dienone is 1. The quantitative estimate of drug-likeness (QED) is 0.583. The highest BCUT2D eigenvalue weighted by Crippen LogP contribution is 2.09. The Kier molecular flexibility index (Phi) is 3.80. The fraction of sp³-hybridized carbons (Fsp3) is 0.500. The van der Waals surface area contributed by atoms with Crippen molar-refractivity contribution in [3.05, 3.63) is 11.2 Å². The molecule has 5 nitrogen and oxygen atoms in total. The number of hydrazine groups is 1. The van der Waals surface area contributed by atoms with Gasteiger partial charge in [-0.2, -0.15) is 0 Å². The second-order valence-electron chi connectivity index (χ2n) is 2.21. The molecule has 1 atom stereocenters. The molecule has 1 aliphatic heterocycles. The molecule has 74 valence electrons. The molecular formula is C6H9Cl2N3O2. The molecular weight excluding hydrogens is 217 g/mol. The van der Waals surface area contributed by atoms with Crippen LogP contribution < -0.4 is 5.43 Å². The monoisotopic (exact) mass is 225 g/mol. The molecule has 0 aromatic carbocycles. The number of ether oxygens (including phenoxy) is 1. The maximum atomic E-state index is 5.66. The summed E-state index contributed by atoms with van der Waals surface area (Å²) < 4.78 is 4.84. The Hall–Kier alpha value is -0.490. The van der Waals surface area contributed by atoms with E-state index in [1.165, 1.54) is 13.2 Å². The molecule has 0 spiro atoms. The van der Waals surface area contributed by atoms with Gasteiger partial charge in [0.05, 0.1) is 0 Å². The normalized spacial score (nSPS) is 18.9. The first kappa shape index (κ1) is 10.6. The van der Waals surface area contributed by atoms with Gasteiger partial charge in [0.1, 0.15) is 5.16 Å². The van der Waals surface area contributed by atoms with Crippen molar-refractivity contribution in [1.82, 2.24) is 10.7 Å². The SMILES string of the molecule is COC(C)ON1N=C(Cl)C=C(Cl)N1. The van der Waals surface area contributed by atoms with Crippen LogP contribution in [0.5, 0.6) is 0 Å². The van der Waals surface area contributed by atoms with Gasteiger partial charge in [-0.1, -0.05) is 28.5 Å². The number of rotatable bonds is 3. The van der Waals surface area contributed by atoms with Crippen LogP contribution >= 0.6 is 23.2 Å². The van der Waals surface area contributed by atoms with Crippen LogP contribution in [0.15, 0.2) is 16.3 Å². The average molecular weight is 226 g/mol. The number of hydrogen-bond acceptors (Lipinski definition) is 5. The Morgan fingerprint density at radius 3 is 2.85 bits per heavy atom. The van der Waals surface area contributed by atoms with E-state index in [1.807, 2.05) is 0 Å². The number of hydrazone groups is 1. The molecule has 1 heterocycles. The summed E-state index contributed by atoms with van der Waals surface area (Å²) in [5.41, 5.74) is 2.60. The lowest BCUT2D eigenvalue weighted by atomic mass is 10.6. The van der Waals surface area contributed by atoms with Crippen LogP contribution in [0.1, 0.15) is 6.92 Å². The summed E-state index contributed by atoms with van der Waals surface area (Å²) in [5, 5.41) is 5.35. The van der Waals surface area contributed by atoms with Gasteiger partial charge in [0.25, 0.3) is 0 Å². The Balaban J connectivity index is 2.50. The van der Waals surface area contributed by atoms with Crippen LogP contribution in [0, 0.1) is 0 Å². The first-order valence-corrected chi connectivity index (χ1v) is 4.25. The molecule has 1 unspecified atom stereocenters. The average Bonchev–Trinajstić information content (AvgIpc) is 2.02. The number of halogens is 2. The highest BCUT2D eigenvalue weighted by Gasteiger charge is 2.13. The molecule has 1 rings (SSSR count). The first-order chi connectivity index (χ1) is 6.11. The number of methoxy groups -OCH3 is 1. The van der Waals surface area contributed by atoms with Crippen LogP contribution in [-0.4, -0.2) is 23.9 Å². The molecule has 0 radical (unpaired) electrons. The highest BCUT2D eigenvalue weighted by atomic mass is 35.5. The molecule has 0 saturated heterocycles. The van der Waals surface area contributed by atoms with Crippen LogP contribution in [-0.2, 0) is 9.57 Å². The van der Waals surface area contributed by atoms with Crippen molar-refractivity contribution in [3.63, 3.8) is 0 Å². The first-order valence-electron chi connectivity index (χ1n) is 3.49. The Morgan fingerprint density at radius 2 is 2.31 bits per heavy atom. The van der Waals surface area contributed by atoms with E-state index in [0.717, 1.165) is 5.28 Å². The zero-order valence-electron chi connectivity index (χ0n) is 7.12. The topological polar surface area (TPSA) is 46.1 Å². The van der Waals surface area contributed by atoms with Crippen molar-refractivity contribution < 1.29 is 9.57 Å². The van der Waals surface area contributed by atoms with Gasteiger partial charge in [-0.3, -0.25) is 0 Å². The summed E-state index contributed by atoms with van der Waals surface area (Å²) in [6.45, 7) is 1.71. The Bertz CT molecular complexity index is 244. The van der Waals surface area contributed by atoms with Gasteiger partial charge in [-0.25, -0.2) is 10.3 Å². The molecule has 1 aliphatic rings. The van der Waals surface area contributed by atoms with Crippen LogP contribution in [0.2, 0.25) is 0 Å². The number of hydrogen-bond donors (Lipinski definition) is 1. The highest BCUT2D eigenvalue weighted by molar-refractivity contribution is 6.69. The molecule has 0 amide bonds. The lowest BCUT2D eigenvalue weighted by Gasteiger charge is -2.24. The van der Waals surface area contributed by atoms with Crippen LogP contribution in [0.4, 0.5) is 0 Å². The van der Waals surface area contributed by atoms with E-state index in [9.17, 15) is 0 Å².